The van der Waals surface area contributed by atoms with Crippen LogP contribution in [-0.2, 0) is 26.2 Å². The van der Waals surface area contributed by atoms with Crippen LogP contribution in [0.1, 0.15) is 0 Å². The van der Waals surface area contributed by atoms with Crippen LogP contribution >= 0.6 is 59.7 Å². The molecule has 0 radical (unpaired) electrons. The molecule has 0 aromatic heterocycles. The Morgan fingerprint density at radius 2 is 1.14 bits per heavy atom. The van der Waals surface area contributed by atoms with Crippen molar-refractivity contribution in [2.45, 2.75) is 0 Å². The van der Waals surface area contributed by atoms with Gasteiger partial charge in [-0.3, -0.25) is 0 Å². The van der Waals surface area contributed by atoms with Crippen molar-refractivity contribution in [1.82, 2.24) is 0 Å². The van der Waals surface area contributed by atoms with E-state index in [2.05, 4.69) is 40.5 Å². The van der Waals surface area contributed by atoms with Gasteiger partial charge in [0.2, 0.25) is 0 Å². The Labute approximate surface area is 84.0 Å². The van der Waals surface area contributed by atoms with E-state index >= 15 is 0 Å². The molecule has 0 saturated carbocycles. The second-order valence-electron chi connectivity index (χ2n) is 0.190. The zero-order chi connectivity index (χ0) is 6.28. The third-order valence-electron chi connectivity index (χ3n) is 0. The van der Waals surface area contributed by atoms with Gasteiger partial charge in [0.05, 0.1) is 0 Å². The predicted molar refractivity (Wildman–Crippen MR) is 38.5 cm³/mol. The van der Waals surface area contributed by atoms with Crippen LogP contribution in [0.25, 0.3) is 0 Å². The minimum absolute atomic E-state index is 0.556. The Morgan fingerprint density at radius 1 is 1.14 bits per heavy atom. The molecule has 0 unspecified atom stereocenters. The van der Waals surface area contributed by atoms with Gasteiger partial charge in [0.1, 0.15) is 0 Å². The van der Waals surface area contributed by atoms with Crippen LogP contribution in [0.15, 0.2) is 0 Å². The van der Waals surface area contributed by atoms with Crippen molar-refractivity contribution in [3.63, 3.8) is 0 Å². The Bertz CT molecular complexity index is 22.1. The van der Waals surface area contributed by atoms with Gasteiger partial charge in [-0.25, -0.2) is 0 Å². The summed E-state index contributed by atoms with van der Waals surface area (Å²) in [5.74, 6) is 0. The molecule has 0 nitrogen and oxygen atoms in total. The second-order valence-corrected chi connectivity index (χ2v) is 35.1. The molecule has 0 N–H and O–H groups in total. The van der Waals surface area contributed by atoms with Crippen molar-refractivity contribution < 1.29 is 26.2 Å². The van der Waals surface area contributed by atoms with Crippen molar-refractivity contribution in [1.29, 1.82) is 0 Å². The Balaban J connectivity index is 0. The normalized spacial score (nSPS) is 9.57. The van der Waals surface area contributed by atoms with E-state index < -0.39 is 26.2 Å². The maximum atomic E-state index is 4.89. The molecule has 0 spiro atoms. The fourth-order valence-electron chi connectivity index (χ4n) is 0. The van der Waals surface area contributed by atoms with Gasteiger partial charge in [-0.15, -0.1) is 0 Å². The number of hydrogen-bond acceptors (Lipinski definition) is 0. The Morgan fingerprint density at radius 3 is 1.14 bits per heavy atom. The first-order chi connectivity index (χ1) is 3.15. The average molecular weight is 695 g/mol. The van der Waals surface area contributed by atoms with E-state index in [9.17, 15) is 0 Å². The third-order valence-corrected chi connectivity index (χ3v) is 0. The number of rotatable bonds is 0. The number of hydrogen-bond donors (Lipinski definition) is 0. The number of halogens is 5. The van der Waals surface area contributed by atoms with Gasteiger partial charge in [-0.2, -0.15) is 0 Å². The standard InChI is InChI=1S/3BrH.2ClH.2Ir/h5*1H;;/q;;;;;+2;+3/p-5. The van der Waals surface area contributed by atoms with E-state index in [1.165, 1.54) is 0 Å². The van der Waals surface area contributed by atoms with E-state index in [1.807, 2.05) is 0 Å². The summed E-state index contributed by atoms with van der Waals surface area (Å²) in [6.07, 6.45) is 0. The zero-order valence-electron chi connectivity index (χ0n) is 2.56. The molecular weight excluding hydrogens is 695 g/mol. The van der Waals surface area contributed by atoms with E-state index in [-0.39, 0.29) is 0 Å². The molecule has 7 heteroatoms. The topological polar surface area (TPSA) is 0 Å². The summed E-state index contributed by atoms with van der Waals surface area (Å²) < 4.78 is 0. The van der Waals surface area contributed by atoms with Gasteiger partial charge in [-0.05, 0) is 0 Å². The van der Waals surface area contributed by atoms with E-state index in [0.29, 0.717) is 0 Å². The summed E-state index contributed by atoms with van der Waals surface area (Å²) in [7, 11) is 8.88. The Hall–Kier alpha value is 3.32. The van der Waals surface area contributed by atoms with Crippen LogP contribution in [-0.4, -0.2) is 0 Å². The SMILES string of the molecule is [Br][Ir]([Br])[Br].[Cl][Ir][Cl]. The van der Waals surface area contributed by atoms with Crippen LogP contribution in [0.2, 0.25) is 0 Å². The van der Waals surface area contributed by atoms with Crippen molar-refractivity contribution in [3.8, 4) is 0 Å². The van der Waals surface area contributed by atoms with Gasteiger partial charge in [0.25, 0.3) is 0 Å². The van der Waals surface area contributed by atoms with Gasteiger partial charge < -0.3 is 0 Å². The molecule has 0 aromatic carbocycles. The maximum absolute atomic E-state index is 4.89. The molecule has 0 atom stereocenters. The molecule has 0 aromatic rings. The molecule has 0 aliphatic heterocycles. The fourth-order valence-corrected chi connectivity index (χ4v) is 0. The van der Waals surface area contributed by atoms with Crippen molar-refractivity contribution in [2.75, 3.05) is 0 Å². The third kappa shape index (κ3) is 45.3. The fraction of sp³-hybridized carbons (Fsp3) is 0. The molecular formula is Br3Cl2Ir2. The van der Waals surface area contributed by atoms with Crippen molar-refractivity contribution >= 4 is 59.7 Å². The summed E-state index contributed by atoms with van der Waals surface area (Å²) in [6.45, 7) is 0. The molecule has 7 heavy (non-hydrogen) atoms. The van der Waals surface area contributed by atoms with Gasteiger partial charge in [0.15, 0.2) is 0 Å². The molecule has 0 bridgehead atoms. The molecule has 0 amide bonds. The van der Waals surface area contributed by atoms with Gasteiger partial charge in [0, 0.05) is 0 Å². The zero-order valence-corrected chi connectivity index (χ0v) is 13.6. The van der Waals surface area contributed by atoms with Gasteiger partial charge >= 0.3 is 85.8 Å². The summed E-state index contributed by atoms with van der Waals surface area (Å²) >= 11 is 9.26. The molecule has 0 rings (SSSR count). The first-order valence-electron chi connectivity index (χ1n) is 0.630. The van der Waals surface area contributed by atoms with E-state index in [4.69, 9.17) is 19.2 Å². The monoisotopic (exact) mass is 693 g/mol. The van der Waals surface area contributed by atoms with Crippen LogP contribution in [0.5, 0.6) is 0 Å². The quantitative estimate of drug-likeness (QED) is 0.361. The van der Waals surface area contributed by atoms with E-state index in [1.54, 1.807) is 0 Å². The average Bonchev–Trinajstić information content (AvgIpc) is 1.33. The first kappa shape index (κ1) is 12.9. The van der Waals surface area contributed by atoms with E-state index in [0.717, 1.165) is 0 Å². The summed E-state index contributed by atoms with van der Waals surface area (Å²) in [4.78, 5) is 0. The minimum atomic E-state index is -0.896. The predicted octanol–water partition coefficient (Wildman–Crippen LogP) is 3.91. The van der Waals surface area contributed by atoms with Crippen LogP contribution in [0, 0.1) is 0 Å². The molecule has 0 saturated heterocycles. The van der Waals surface area contributed by atoms with Crippen LogP contribution < -0.4 is 0 Å². The first-order valence-corrected chi connectivity index (χ1v) is 22.3. The molecule has 0 heterocycles. The summed E-state index contributed by atoms with van der Waals surface area (Å²) in [6, 6.07) is 0. The molecule has 0 fully saturated rings. The van der Waals surface area contributed by atoms with Crippen LogP contribution in [0.3, 0.4) is 0 Å². The van der Waals surface area contributed by atoms with Crippen LogP contribution in [0.4, 0.5) is 0 Å². The van der Waals surface area contributed by atoms with Crippen molar-refractivity contribution in [2.24, 2.45) is 0 Å². The molecule has 53 valence electrons. The summed E-state index contributed by atoms with van der Waals surface area (Å²) in [5.41, 5.74) is 0. The van der Waals surface area contributed by atoms with Crippen molar-refractivity contribution in [3.05, 3.63) is 0 Å². The van der Waals surface area contributed by atoms with Gasteiger partial charge in [-0.1, -0.05) is 0 Å². The second kappa shape index (κ2) is 12.0. The summed E-state index contributed by atoms with van der Waals surface area (Å²) in [5, 5.41) is 0. The molecule has 0 aliphatic rings. The molecule has 0 aliphatic carbocycles. The Kier molecular flexibility index (Phi) is 22.3.